The molecule has 2 N–H and O–H groups in total. The van der Waals surface area contributed by atoms with Crippen LogP contribution in [0.25, 0.3) is 32.7 Å². The van der Waals surface area contributed by atoms with Crippen molar-refractivity contribution in [3.63, 3.8) is 0 Å². The molecule has 0 radical (unpaired) electrons. The molecule has 6 aromatic rings. The minimum atomic E-state index is -0.686. The Kier molecular flexibility index (Phi) is 11.5. The van der Waals surface area contributed by atoms with E-state index >= 15 is 0 Å². The van der Waals surface area contributed by atoms with Gasteiger partial charge in [0.1, 0.15) is 36.2 Å². The summed E-state index contributed by atoms with van der Waals surface area (Å²) in [5.74, 6) is 0.699. The maximum absolute atomic E-state index is 12.6. The third-order valence-corrected chi connectivity index (χ3v) is 9.46. The van der Waals surface area contributed by atoms with Crippen molar-refractivity contribution < 1.29 is 42.9 Å². The van der Waals surface area contributed by atoms with Crippen LogP contribution in [0.5, 0.6) is 23.0 Å². The largest absolute Gasteiger partial charge is 0.460 e. The van der Waals surface area contributed by atoms with Crippen molar-refractivity contribution in [1.29, 1.82) is 0 Å². The SMILES string of the molecule is C=C(C)C(=O)OCCNC(=O)Oc1ccc2c3c(ccc2c1)Oc1ccc2cc(OC(=O)NCCOC(=O)C(=C)C)ccc2c1C3c1ccc(-c2ccccc2)cc1. The molecule has 1 heterocycles. The van der Waals surface area contributed by atoms with Crippen LogP contribution in [-0.4, -0.2) is 50.4 Å². The Balaban J connectivity index is 1.20. The van der Waals surface area contributed by atoms with E-state index in [0.29, 0.717) is 23.0 Å². The van der Waals surface area contributed by atoms with Crippen molar-refractivity contribution in [1.82, 2.24) is 10.6 Å². The third-order valence-electron chi connectivity index (χ3n) is 9.46. The number of hydrogen-bond donors (Lipinski definition) is 2. The molecular formula is C47H40N2O9. The van der Waals surface area contributed by atoms with Crippen molar-refractivity contribution in [3.8, 4) is 34.1 Å². The summed E-state index contributed by atoms with van der Waals surface area (Å²) in [6.45, 7) is 10.3. The molecule has 6 aromatic carbocycles. The standard InChI is InChI=1S/C47H40N2O9/c1-28(2)44(50)54-24-22-48-46(52)56-35-16-18-37-33(26-35)14-20-39-42(37)41(32-12-10-31(11-13-32)30-8-6-5-7-9-30)43-38-19-17-36(27-34(38)15-21-40(43)58-39)57-47(53)49-23-25-55-45(51)29(3)4/h5-21,26-27,41H,1,3,22-25H2,2,4H3,(H,48,52)(H,49,53). The van der Waals surface area contributed by atoms with Gasteiger partial charge >= 0.3 is 24.1 Å². The van der Waals surface area contributed by atoms with Crippen molar-refractivity contribution in [2.24, 2.45) is 0 Å². The Labute approximate surface area is 334 Å². The van der Waals surface area contributed by atoms with Crippen LogP contribution in [-0.2, 0) is 19.1 Å². The van der Waals surface area contributed by atoms with E-state index in [-0.39, 0.29) is 43.4 Å². The van der Waals surface area contributed by atoms with Gasteiger partial charge in [0.2, 0.25) is 0 Å². The fourth-order valence-corrected chi connectivity index (χ4v) is 6.75. The van der Waals surface area contributed by atoms with Crippen LogP contribution in [0, 0.1) is 0 Å². The van der Waals surface area contributed by atoms with Gasteiger partial charge in [0, 0.05) is 28.2 Å². The number of rotatable bonds is 12. The smallest absolute Gasteiger partial charge is 0.412 e. The van der Waals surface area contributed by atoms with E-state index in [1.165, 1.54) is 0 Å². The number of fused-ring (bicyclic) bond motifs is 6. The second kappa shape index (κ2) is 17.2. The zero-order chi connectivity index (χ0) is 40.8. The van der Waals surface area contributed by atoms with Gasteiger partial charge in [-0.25, -0.2) is 19.2 Å². The number of hydrogen-bond acceptors (Lipinski definition) is 9. The molecule has 11 heteroatoms. The predicted molar refractivity (Wildman–Crippen MR) is 220 cm³/mol. The quantitative estimate of drug-likeness (QED) is 0.0706. The van der Waals surface area contributed by atoms with Crippen LogP contribution in [0.1, 0.15) is 36.5 Å². The maximum atomic E-state index is 12.6. The van der Waals surface area contributed by atoms with Gasteiger partial charge in [0.25, 0.3) is 0 Å². The Morgan fingerprint density at radius 2 is 1.05 bits per heavy atom. The highest BCUT2D eigenvalue weighted by Gasteiger charge is 2.32. The van der Waals surface area contributed by atoms with Crippen molar-refractivity contribution in [3.05, 3.63) is 156 Å². The Morgan fingerprint density at radius 1 is 0.586 bits per heavy atom. The summed E-state index contributed by atoms with van der Waals surface area (Å²) in [5.41, 5.74) is 5.63. The molecule has 292 valence electrons. The van der Waals surface area contributed by atoms with Crippen molar-refractivity contribution >= 4 is 45.7 Å². The fourth-order valence-electron chi connectivity index (χ4n) is 6.75. The van der Waals surface area contributed by atoms with Crippen LogP contribution < -0.4 is 24.8 Å². The van der Waals surface area contributed by atoms with E-state index in [9.17, 15) is 19.2 Å². The van der Waals surface area contributed by atoms with Crippen LogP contribution in [0.15, 0.2) is 140 Å². The lowest BCUT2D eigenvalue weighted by Gasteiger charge is -2.31. The van der Waals surface area contributed by atoms with E-state index in [1.807, 2.05) is 54.6 Å². The minimum absolute atomic E-state index is 0.0193. The van der Waals surface area contributed by atoms with Crippen LogP contribution in [0.3, 0.4) is 0 Å². The molecule has 0 saturated heterocycles. The highest BCUT2D eigenvalue weighted by atomic mass is 16.6. The molecule has 0 unspecified atom stereocenters. The fraction of sp³-hybridized carbons (Fsp3) is 0.149. The topological polar surface area (TPSA) is 138 Å². The van der Waals surface area contributed by atoms with E-state index in [1.54, 1.807) is 38.1 Å². The number of carbonyl (C=O) groups excluding carboxylic acids is 4. The molecule has 0 saturated carbocycles. The lowest BCUT2D eigenvalue weighted by Crippen LogP contribution is -2.30. The van der Waals surface area contributed by atoms with E-state index in [4.69, 9.17) is 23.7 Å². The van der Waals surface area contributed by atoms with Crippen molar-refractivity contribution in [2.45, 2.75) is 19.8 Å². The first kappa shape index (κ1) is 38.9. The third kappa shape index (κ3) is 8.69. The highest BCUT2D eigenvalue weighted by Crippen LogP contribution is 2.52. The Morgan fingerprint density at radius 3 is 1.52 bits per heavy atom. The minimum Gasteiger partial charge on any atom is -0.460 e. The van der Waals surface area contributed by atoms with Crippen LogP contribution in [0.2, 0.25) is 0 Å². The van der Waals surface area contributed by atoms with Crippen molar-refractivity contribution in [2.75, 3.05) is 26.3 Å². The van der Waals surface area contributed by atoms with Gasteiger partial charge in [-0.2, -0.15) is 0 Å². The van der Waals surface area contributed by atoms with Gasteiger partial charge in [-0.15, -0.1) is 0 Å². The van der Waals surface area contributed by atoms with E-state index in [2.05, 4.69) is 60.2 Å². The Bertz CT molecular complexity index is 2440. The highest BCUT2D eigenvalue weighted by molar-refractivity contribution is 5.96. The molecule has 11 nitrogen and oxygen atoms in total. The maximum Gasteiger partial charge on any atom is 0.412 e. The molecule has 58 heavy (non-hydrogen) atoms. The van der Waals surface area contributed by atoms with Gasteiger partial charge in [0.05, 0.1) is 13.1 Å². The number of nitrogens with one attached hydrogen (secondary N) is 2. The number of ether oxygens (including phenoxy) is 5. The van der Waals surface area contributed by atoms with E-state index < -0.39 is 24.1 Å². The average Bonchev–Trinajstić information content (AvgIpc) is 3.23. The summed E-state index contributed by atoms with van der Waals surface area (Å²) in [5, 5.41) is 8.65. The second-order valence-corrected chi connectivity index (χ2v) is 13.7. The number of benzene rings is 6. The molecule has 1 aliphatic heterocycles. The van der Waals surface area contributed by atoms with Gasteiger partial charge in [-0.05, 0) is 88.5 Å². The average molecular weight is 777 g/mol. The molecule has 0 bridgehead atoms. The monoisotopic (exact) mass is 776 g/mol. The first-order valence-electron chi connectivity index (χ1n) is 18.6. The van der Waals surface area contributed by atoms with Crippen LogP contribution >= 0.6 is 0 Å². The predicted octanol–water partition coefficient (Wildman–Crippen LogP) is 9.36. The lowest BCUT2D eigenvalue weighted by molar-refractivity contribution is -0.139. The summed E-state index contributed by atoms with van der Waals surface area (Å²) in [6, 6.07) is 37.3. The normalized spacial score (nSPS) is 11.7. The van der Waals surface area contributed by atoms with Gasteiger partial charge in [-0.1, -0.05) is 92.0 Å². The molecule has 1 aliphatic rings. The summed E-state index contributed by atoms with van der Waals surface area (Å²) in [4.78, 5) is 48.5. The summed E-state index contributed by atoms with van der Waals surface area (Å²) in [7, 11) is 0. The molecule has 0 spiro atoms. The van der Waals surface area contributed by atoms with Crippen LogP contribution in [0.4, 0.5) is 9.59 Å². The zero-order valence-electron chi connectivity index (χ0n) is 32.0. The summed E-state index contributed by atoms with van der Waals surface area (Å²) < 4.78 is 27.9. The van der Waals surface area contributed by atoms with Gasteiger partial charge in [0.15, 0.2) is 0 Å². The van der Waals surface area contributed by atoms with E-state index in [0.717, 1.165) is 49.4 Å². The van der Waals surface area contributed by atoms with Gasteiger partial charge < -0.3 is 34.3 Å². The van der Waals surface area contributed by atoms with Gasteiger partial charge in [-0.3, -0.25) is 0 Å². The number of amides is 2. The summed E-state index contributed by atoms with van der Waals surface area (Å²) >= 11 is 0. The molecule has 0 atom stereocenters. The molecule has 0 aliphatic carbocycles. The lowest BCUT2D eigenvalue weighted by atomic mass is 9.78. The molecule has 0 aromatic heterocycles. The molecule has 2 amide bonds. The Hall–Kier alpha value is -7.40. The molecule has 7 rings (SSSR count). The first-order valence-corrected chi connectivity index (χ1v) is 18.6. The zero-order valence-corrected chi connectivity index (χ0v) is 32.0. The number of esters is 2. The number of carbonyl (C=O) groups is 4. The first-order chi connectivity index (χ1) is 28.0. The molecular weight excluding hydrogens is 737 g/mol. The summed E-state index contributed by atoms with van der Waals surface area (Å²) in [6.07, 6.45) is -1.37. The molecule has 0 fully saturated rings. The second-order valence-electron chi connectivity index (χ2n) is 13.7.